The van der Waals surface area contributed by atoms with Crippen LogP contribution in [0, 0.1) is 24.5 Å². The number of aliphatic hydroxyl groups excluding tert-OH is 1. The van der Waals surface area contributed by atoms with Gasteiger partial charge in [0.1, 0.15) is 17.2 Å². The van der Waals surface area contributed by atoms with Crippen LogP contribution in [-0.2, 0) is 0 Å². The van der Waals surface area contributed by atoms with E-state index in [2.05, 4.69) is 5.32 Å². The number of aliphatic hydroxyl groups is 1. The van der Waals surface area contributed by atoms with Crippen LogP contribution in [0.25, 0.3) is 0 Å². The Morgan fingerprint density at radius 1 is 1.37 bits per heavy atom. The van der Waals surface area contributed by atoms with Crippen LogP contribution in [0.2, 0.25) is 0 Å². The molecule has 0 fully saturated rings. The van der Waals surface area contributed by atoms with Gasteiger partial charge in [0.05, 0.1) is 6.10 Å². The first-order valence-corrected chi connectivity index (χ1v) is 6.23. The third kappa shape index (κ3) is 4.28. The lowest BCUT2D eigenvalue weighted by molar-refractivity contribution is 0.0892. The van der Waals surface area contributed by atoms with Crippen molar-refractivity contribution < 1.29 is 18.7 Å². The maximum absolute atomic E-state index is 13.7. The van der Waals surface area contributed by atoms with Crippen molar-refractivity contribution in [2.45, 2.75) is 33.3 Å². The summed E-state index contributed by atoms with van der Waals surface area (Å²) in [6.07, 6.45) is -0.209. The number of hydrogen-bond acceptors (Lipinski definition) is 2. The van der Waals surface area contributed by atoms with Gasteiger partial charge in [-0.2, -0.15) is 0 Å². The summed E-state index contributed by atoms with van der Waals surface area (Å²) in [7, 11) is 0. The molecule has 2 N–H and O–H groups in total. The van der Waals surface area contributed by atoms with Gasteiger partial charge in [0.25, 0.3) is 5.91 Å². The molecule has 1 rings (SSSR count). The maximum atomic E-state index is 13.7. The normalized spacial score (nSPS) is 12.6. The summed E-state index contributed by atoms with van der Waals surface area (Å²) in [5.41, 5.74) is -0.397. The molecule has 0 saturated heterocycles. The monoisotopic (exact) mass is 271 g/mol. The zero-order valence-electron chi connectivity index (χ0n) is 11.3. The van der Waals surface area contributed by atoms with E-state index in [1.54, 1.807) is 0 Å². The molecule has 0 radical (unpaired) electrons. The van der Waals surface area contributed by atoms with Crippen LogP contribution in [-0.4, -0.2) is 23.7 Å². The molecule has 1 atom stereocenters. The predicted molar refractivity (Wildman–Crippen MR) is 68.9 cm³/mol. The van der Waals surface area contributed by atoms with Gasteiger partial charge in [-0.05, 0) is 30.9 Å². The van der Waals surface area contributed by atoms with E-state index in [1.807, 2.05) is 13.8 Å². The lowest BCUT2D eigenvalue weighted by atomic mass is 10.1. The molecule has 0 aliphatic heterocycles. The fraction of sp³-hybridized carbons (Fsp3) is 0.500. The SMILES string of the molecule is Cc1ccc(F)c(C(=O)NCC(O)CC(C)C)c1F. The number of halogens is 2. The molecule has 19 heavy (non-hydrogen) atoms. The third-order valence-corrected chi connectivity index (χ3v) is 2.75. The number of hydrogen-bond donors (Lipinski definition) is 2. The van der Waals surface area contributed by atoms with Gasteiger partial charge < -0.3 is 10.4 Å². The van der Waals surface area contributed by atoms with E-state index in [4.69, 9.17) is 0 Å². The van der Waals surface area contributed by atoms with Crippen molar-refractivity contribution >= 4 is 5.91 Å². The van der Waals surface area contributed by atoms with Crippen molar-refractivity contribution in [3.8, 4) is 0 Å². The highest BCUT2D eigenvalue weighted by Crippen LogP contribution is 2.16. The van der Waals surface area contributed by atoms with E-state index < -0.39 is 29.2 Å². The zero-order chi connectivity index (χ0) is 14.6. The first kappa shape index (κ1) is 15.6. The number of carbonyl (C=O) groups excluding carboxylic acids is 1. The quantitative estimate of drug-likeness (QED) is 0.864. The molecule has 0 aliphatic rings. The second-order valence-electron chi connectivity index (χ2n) is 5.05. The predicted octanol–water partition coefficient (Wildman–Crippen LogP) is 2.41. The van der Waals surface area contributed by atoms with Crippen molar-refractivity contribution in [1.29, 1.82) is 0 Å². The van der Waals surface area contributed by atoms with Crippen molar-refractivity contribution in [2.24, 2.45) is 5.92 Å². The second kappa shape index (κ2) is 6.61. The first-order chi connectivity index (χ1) is 8.82. The molecule has 0 aromatic heterocycles. The Balaban J connectivity index is 2.72. The van der Waals surface area contributed by atoms with Crippen molar-refractivity contribution in [1.82, 2.24) is 5.32 Å². The van der Waals surface area contributed by atoms with Gasteiger partial charge in [0.2, 0.25) is 0 Å². The maximum Gasteiger partial charge on any atom is 0.257 e. The molecule has 106 valence electrons. The molecule has 1 aromatic carbocycles. The number of nitrogens with one attached hydrogen (secondary N) is 1. The smallest absolute Gasteiger partial charge is 0.257 e. The Labute approximate surface area is 111 Å². The van der Waals surface area contributed by atoms with Crippen LogP contribution in [0.4, 0.5) is 8.78 Å². The zero-order valence-corrected chi connectivity index (χ0v) is 11.3. The van der Waals surface area contributed by atoms with Gasteiger partial charge in [-0.3, -0.25) is 4.79 Å². The highest BCUT2D eigenvalue weighted by atomic mass is 19.1. The number of aryl methyl sites for hydroxylation is 1. The van der Waals surface area contributed by atoms with Crippen LogP contribution < -0.4 is 5.32 Å². The van der Waals surface area contributed by atoms with E-state index in [1.165, 1.54) is 13.0 Å². The van der Waals surface area contributed by atoms with E-state index in [0.29, 0.717) is 6.42 Å². The Morgan fingerprint density at radius 2 is 2.00 bits per heavy atom. The average Bonchev–Trinajstić information content (AvgIpc) is 2.31. The molecular weight excluding hydrogens is 252 g/mol. The molecule has 1 unspecified atom stereocenters. The summed E-state index contributed by atoms with van der Waals surface area (Å²) in [4.78, 5) is 11.7. The molecule has 0 aliphatic carbocycles. The van der Waals surface area contributed by atoms with Crippen LogP contribution in [0.15, 0.2) is 12.1 Å². The minimum absolute atomic E-state index is 0.0240. The molecule has 5 heteroatoms. The van der Waals surface area contributed by atoms with E-state index in [-0.39, 0.29) is 18.0 Å². The van der Waals surface area contributed by atoms with Gasteiger partial charge in [-0.15, -0.1) is 0 Å². The molecule has 0 spiro atoms. The van der Waals surface area contributed by atoms with Crippen molar-refractivity contribution in [3.05, 3.63) is 34.9 Å². The summed E-state index contributed by atoms with van der Waals surface area (Å²) in [6, 6.07) is 2.33. The Kier molecular flexibility index (Phi) is 5.42. The highest BCUT2D eigenvalue weighted by Gasteiger charge is 2.19. The minimum Gasteiger partial charge on any atom is -0.391 e. The summed E-state index contributed by atoms with van der Waals surface area (Å²) in [5.74, 6) is -2.34. The number of rotatable bonds is 5. The van der Waals surface area contributed by atoms with Crippen molar-refractivity contribution in [3.63, 3.8) is 0 Å². The fourth-order valence-corrected chi connectivity index (χ4v) is 1.79. The lowest BCUT2D eigenvalue weighted by Crippen LogP contribution is -2.33. The van der Waals surface area contributed by atoms with Gasteiger partial charge in [0.15, 0.2) is 0 Å². The number of benzene rings is 1. The minimum atomic E-state index is -0.904. The van der Waals surface area contributed by atoms with Crippen LogP contribution in [0.5, 0.6) is 0 Å². The van der Waals surface area contributed by atoms with E-state index >= 15 is 0 Å². The second-order valence-corrected chi connectivity index (χ2v) is 5.05. The number of amides is 1. The summed E-state index contributed by atoms with van der Waals surface area (Å²) < 4.78 is 27.1. The summed E-state index contributed by atoms with van der Waals surface area (Å²) in [6.45, 7) is 5.30. The van der Waals surface area contributed by atoms with Gasteiger partial charge in [-0.25, -0.2) is 8.78 Å². The highest BCUT2D eigenvalue weighted by molar-refractivity contribution is 5.95. The van der Waals surface area contributed by atoms with Gasteiger partial charge >= 0.3 is 0 Å². The van der Waals surface area contributed by atoms with Crippen LogP contribution in [0.1, 0.15) is 36.2 Å². The van der Waals surface area contributed by atoms with Gasteiger partial charge in [-0.1, -0.05) is 19.9 Å². The topological polar surface area (TPSA) is 49.3 Å². The van der Waals surface area contributed by atoms with Crippen LogP contribution >= 0.6 is 0 Å². The molecule has 0 bridgehead atoms. The lowest BCUT2D eigenvalue weighted by Gasteiger charge is -2.14. The third-order valence-electron chi connectivity index (χ3n) is 2.75. The molecular formula is C14H19F2NO2. The van der Waals surface area contributed by atoms with E-state index in [0.717, 1.165) is 6.07 Å². The molecule has 3 nitrogen and oxygen atoms in total. The standard InChI is InChI=1S/C14H19F2NO2/c1-8(2)6-10(18)7-17-14(19)12-11(15)5-4-9(3)13(12)16/h4-5,8,10,18H,6-7H2,1-3H3,(H,17,19). The molecule has 1 aromatic rings. The molecule has 0 saturated carbocycles. The number of carbonyl (C=O) groups is 1. The van der Waals surface area contributed by atoms with Crippen molar-refractivity contribution in [2.75, 3.05) is 6.54 Å². The van der Waals surface area contributed by atoms with E-state index in [9.17, 15) is 18.7 Å². The summed E-state index contributed by atoms with van der Waals surface area (Å²) in [5, 5.41) is 12.0. The van der Waals surface area contributed by atoms with Gasteiger partial charge in [0, 0.05) is 6.54 Å². The van der Waals surface area contributed by atoms with Crippen LogP contribution in [0.3, 0.4) is 0 Å². The molecule has 1 amide bonds. The summed E-state index contributed by atoms with van der Waals surface area (Å²) >= 11 is 0. The Morgan fingerprint density at radius 3 is 2.58 bits per heavy atom. The largest absolute Gasteiger partial charge is 0.391 e. The first-order valence-electron chi connectivity index (χ1n) is 6.23. The average molecular weight is 271 g/mol. The molecule has 0 heterocycles. The fourth-order valence-electron chi connectivity index (χ4n) is 1.79. The Bertz CT molecular complexity index is 461. The Hall–Kier alpha value is -1.49.